The topological polar surface area (TPSA) is 18.5 Å². The van der Waals surface area contributed by atoms with Gasteiger partial charge in [-0.05, 0) is 41.3 Å². The summed E-state index contributed by atoms with van der Waals surface area (Å²) < 4.78 is 93.5. The summed E-state index contributed by atoms with van der Waals surface area (Å²) in [5.41, 5.74) is 0.380. The Morgan fingerprint density at radius 1 is 0.677 bits per heavy atom. The predicted octanol–water partition coefficient (Wildman–Crippen LogP) is 7.12. The van der Waals surface area contributed by atoms with E-state index in [-0.39, 0.29) is 0 Å². The Balaban J connectivity index is 1.62. The Morgan fingerprint density at radius 2 is 1.16 bits per heavy atom. The SMILES string of the molecule is CCc1ccc(-c2ccc(C(F)(F)C(F)(F)c3ccc4c(c3)OC(F)(F)O4)cc2)cc1. The van der Waals surface area contributed by atoms with Crippen molar-refractivity contribution in [2.45, 2.75) is 31.5 Å². The average molecular weight is 438 g/mol. The standard InChI is InChI=1S/C23H16F6O2/c1-2-14-3-5-15(6-4-14)16-7-9-17(10-8-16)21(24,25)22(26,27)18-11-12-19-20(13-18)31-23(28,29)30-19/h3-13H,2H2,1H3. The maximum absolute atomic E-state index is 14.8. The maximum Gasteiger partial charge on any atom is 0.586 e. The number of ether oxygens (including phenoxy) is 2. The van der Waals surface area contributed by atoms with Gasteiger partial charge in [0, 0.05) is 11.1 Å². The van der Waals surface area contributed by atoms with Crippen molar-refractivity contribution < 1.29 is 35.8 Å². The second-order valence-corrected chi connectivity index (χ2v) is 7.11. The van der Waals surface area contributed by atoms with E-state index in [9.17, 15) is 26.3 Å². The fraction of sp³-hybridized carbons (Fsp3) is 0.217. The van der Waals surface area contributed by atoms with Crippen LogP contribution in [-0.2, 0) is 18.3 Å². The van der Waals surface area contributed by atoms with Gasteiger partial charge >= 0.3 is 18.1 Å². The molecule has 0 saturated carbocycles. The van der Waals surface area contributed by atoms with Crippen molar-refractivity contribution in [1.82, 2.24) is 0 Å². The van der Waals surface area contributed by atoms with E-state index in [2.05, 4.69) is 9.47 Å². The lowest BCUT2D eigenvalue weighted by atomic mass is 9.94. The van der Waals surface area contributed by atoms with Crippen molar-refractivity contribution >= 4 is 0 Å². The molecule has 2 nitrogen and oxygen atoms in total. The van der Waals surface area contributed by atoms with E-state index < -0.39 is 40.8 Å². The molecule has 0 aromatic heterocycles. The van der Waals surface area contributed by atoms with Crippen molar-refractivity contribution in [3.63, 3.8) is 0 Å². The number of hydrogen-bond acceptors (Lipinski definition) is 2. The molecule has 0 saturated heterocycles. The van der Waals surface area contributed by atoms with E-state index in [0.717, 1.165) is 35.7 Å². The number of alkyl halides is 6. The van der Waals surface area contributed by atoms with Crippen LogP contribution in [0.15, 0.2) is 66.7 Å². The zero-order valence-electron chi connectivity index (χ0n) is 16.1. The average Bonchev–Trinajstić information content (AvgIpc) is 3.06. The molecule has 4 rings (SSSR count). The van der Waals surface area contributed by atoms with Crippen LogP contribution in [0, 0.1) is 0 Å². The summed E-state index contributed by atoms with van der Waals surface area (Å²) in [6, 6.07) is 13.8. The van der Waals surface area contributed by atoms with Crippen LogP contribution < -0.4 is 9.47 Å². The Hall–Kier alpha value is -3.16. The van der Waals surface area contributed by atoms with Gasteiger partial charge in [0.1, 0.15) is 0 Å². The molecule has 0 unspecified atom stereocenters. The maximum atomic E-state index is 14.8. The van der Waals surface area contributed by atoms with Gasteiger partial charge in [-0.25, -0.2) is 0 Å². The molecule has 31 heavy (non-hydrogen) atoms. The zero-order chi connectivity index (χ0) is 22.4. The fourth-order valence-corrected chi connectivity index (χ4v) is 3.31. The molecular weight excluding hydrogens is 422 g/mol. The smallest absolute Gasteiger partial charge is 0.395 e. The van der Waals surface area contributed by atoms with Gasteiger partial charge < -0.3 is 9.47 Å². The summed E-state index contributed by atoms with van der Waals surface area (Å²) in [6.07, 6.45) is -3.19. The Kier molecular flexibility index (Phi) is 4.91. The lowest BCUT2D eigenvalue weighted by Crippen LogP contribution is -2.35. The first kappa shape index (κ1) is 21.1. The highest BCUT2D eigenvalue weighted by Gasteiger charge is 2.59. The van der Waals surface area contributed by atoms with Gasteiger partial charge in [0.25, 0.3) is 0 Å². The van der Waals surface area contributed by atoms with E-state index >= 15 is 0 Å². The fourth-order valence-electron chi connectivity index (χ4n) is 3.31. The molecule has 0 bridgehead atoms. The third kappa shape index (κ3) is 3.71. The molecule has 3 aromatic carbocycles. The number of rotatable bonds is 5. The Labute approximate surface area is 174 Å². The molecular formula is C23H16F6O2. The minimum absolute atomic E-state index is 0.438. The third-order valence-electron chi connectivity index (χ3n) is 5.10. The molecule has 0 fully saturated rings. The molecule has 1 aliphatic rings. The number of benzene rings is 3. The highest BCUT2D eigenvalue weighted by molar-refractivity contribution is 5.64. The van der Waals surface area contributed by atoms with Crippen LogP contribution in [0.5, 0.6) is 11.5 Å². The summed E-state index contributed by atoms with van der Waals surface area (Å²) in [5.74, 6) is -10.5. The summed E-state index contributed by atoms with van der Waals surface area (Å²) in [7, 11) is 0. The van der Waals surface area contributed by atoms with Gasteiger partial charge in [-0.15, -0.1) is 8.78 Å². The van der Waals surface area contributed by atoms with E-state index in [1.54, 1.807) is 0 Å². The molecule has 0 amide bonds. The Bertz CT molecular complexity index is 1090. The number of fused-ring (bicyclic) bond motifs is 1. The summed E-state index contributed by atoms with van der Waals surface area (Å²) in [6.45, 7) is 2.00. The number of aryl methyl sites for hydroxylation is 1. The monoisotopic (exact) mass is 438 g/mol. The van der Waals surface area contributed by atoms with E-state index in [1.807, 2.05) is 31.2 Å². The minimum Gasteiger partial charge on any atom is -0.395 e. The molecule has 1 aliphatic heterocycles. The van der Waals surface area contributed by atoms with Gasteiger partial charge in [0.2, 0.25) is 0 Å². The third-order valence-corrected chi connectivity index (χ3v) is 5.10. The first-order valence-corrected chi connectivity index (χ1v) is 9.39. The molecule has 162 valence electrons. The van der Waals surface area contributed by atoms with Gasteiger partial charge in [0.05, 0.1) is 0 Å². The Morgan fingerprint density at radius 3 is 1.74 bits per heavy atom. The molecule has 0 spiro atoms. The van der Waals surface area contributed by atoms with E-state index in [0.29, 0.717) is 17.7 Å². The second kappa shape index (κ2) is 7.21. The molecule has 3 aromatic rings. The van der Waals surface area contributed by atoms with Crippen LogP contribution in [0.25, 0.3) is 11.1 Å². The first-order chi connectivity index (χ1) is 14.5. The van der Waals surface area contributed by atoms with E-state index in [4.69, 9.17) is 0 Å². The number of halogens is 6. The van der Waals surface area contributed by atoms with Crippen LogP contribution in [0.2, 0.25) is 0 Å². The summed E-state index contributed by atoms with van der Waals surface area (Å²) in [4.78, 5) is 0. The largest absolute Gasteiger partial charge is 0.586 e. The molecule has 0 aliphatic carbocycles. The lowest BCUT2D eigenvalue weighted by Gasteiger charge is -2.27. The lowest BCUT2D eigenvalue weighted by molar-refractivity contribution is -0.286. The highest BCUT2D eigenvalue weighted by atomic mass is 19.3. The normalized spacial score (nSPS) is 15.2. The molecule has 8 heteroatoms. The first-order valence-electron chi connectivity index (χ1n) is 9.39. The minimum atomic E-state index is -4.69. The van der Waals surface area contributed by atoms with Crippen LogP contribution in [0.3, 0.4) is 0 Å². The van der Waals surface area contributed by atoms with E-state index in [1.165, 1.54) is 12.1 Å². The zero-order valence-corrected chi connectivity index (χ0v) is 16.1. The summed E-state index contributed by atoms with van der Waals surface area (Å²) in [5, 5.41) is 0. The second-order valence-electron chi connectivity index (χ2n) is 7.11. The summed E-state index contributed by atoms with van der Waals surface area (Å²) >= 11 is 0. The molecule has 0 atom stereocenters. The molecule has 0 radical (unpaired) electrons. The highest BCUT2D eigenvalue weighted by Crippen LogP contribution is 2.52. The van der Waals surface area contributed by atoms with Gasteiger partial charge in [0.15, 0.2) is 11.5 Å². The number of hydrogen-bond donors (Lipinski definition) is 0. The van der Waals surface area contributed by atoms with Gasteiger partial charge in [-0.2, -0.15) is 17.6 Å². The van der Waals surface area contributed by atoms with Crippen molar-refractivity contribution in [1.29, 1.82) is 0 Å². The van der Waals surface area contributed by atoms with Gasteiger partial charge in [-0.1, -0.05) is 55.5 Å². The van der Waals surface area contributed by atoms with Crippen LogP contribution >= 0.6 is 0 Å². The van der Waals surface area contributed by atoms with Gasteiger partial charge in [-0.3, -0.25) is 0 Å². The molecule has 0 N–H and O–H groups in total. The van der Waals surface area contributed by atoms with Crippen molar-refractivity contribution in [3.8, 4) is 22.6 Å². The quantitative estimate of drug-likeness (QED) is 0.395. The van der Waals surface area contributed by atoms with Crippen molar-refractivity contribution in [2.75, 3.05) is 0 Å². The molecule has 1 heterocycles. The van der Waals surface area contributed by atoms with Crippen molar-refractivity contribution in [2.24, 2.45) is 0 Å². The van der Waals surface area contributed by atoms with Crippen LogP contribution in [0.4, 0.5) is 26.3 Å². The predicted molar refractivity (Wildman–Crippen MR) is 102 cm³/mol. The van der Waals surface area contributed by atoms with Crippen LogP contribution in [-0.4, -0.2) is 6.29 Å². The van der Waals surface area contributed by atoms with Crippen LogP contribution in [0.1, 0.15) is 23.6 Å². The van der Waals surface area contributed by atoms with Crippen molar-refractivity contribution in [3.05, 3.63) is 83.4 Å².